The zero-order chi connectivity index (χ0) is 40.4. The van der Waals surface area contributed by atoms with Crippen LogP contribution in [0, 0.1) is 11.8 Å². The SMILES string of the molecule is CC(C)C[C@H](CC(=O)[C@H](Cc1ccc(C(F)(F)F)cc1)NC(=O)[C@@H]1CC=CC[C@H](N)C(=O)N[C@@H](CCCCN)C(=O)N[C@@H](CCCCN)C(=O)N1)C(=O)O. The standard InChI is InChI=1S/C37H56F3N7O7/c1-22(2)19-24(36(53)54)21-31(48)30(20-23-13-15-25(16-14-23)37(38,39)40)47-35(52)28-10-4-3-9-26(43)32(49)44-27(11-5-7-17-41)33(50)46-29(34(51)45-28)12-6-8-18-42/h3-4,13-16,22,24,26-30H,5-12,17-21,41-43H2,1-2H3,(H,44,49)(H,45,51)(H,46,50)(H,47,52)(H,53,54)/t24-,26+,27+,28+,29+,30+/m1/s1. The molecule has 0 saturated carbocycles. The summed E-state index contributed by atoms with van der Waals surface area (Å²) in [7, 11) is 0. The van der Waals surface area contributed by atoms with E-state index in [2.05, 4.69) is 21.3 Å². The second-order valence-corrected chi connectivity index (χ2v) is 14.1. The van der Waals surface area contributed by atoms with E-state index in [0.717, 1.165) is 12.1 Å². The highest BCUT2D eigenvalue weighted by atomic mass is 19.4. The average Bonchev–Trinajstić information content (AvgIpc) is 3.10. The van der Waals surface area contributed by atoms with E-state index in [1.807, 2.05) is 0 Å². The number of carbonyl (C=O) groups excluding carboxylic acids is 5. The van der Waals surface area contributed by atoms with Gasteiger partial charge in [-0.05, 0) is 101 Å². The summed E-state index contributed by atoms with van der Waals surface area (Å²) in [5.41, 5.74) is 16.7. The van der Waals surface area contributed by atoms with Crippen LogP contribution in [0.25, 0.3) is 0 Å². The Morgan fingerprint density at radius 3 is 1.91 bits per heavy atom. The van der Waals surface area contributed by atoms with E-state index in [4.69, 9.17) is 17.2 Å². The number of nitrogens with two attached hydrogens (primary N) is 3. The Hall–Kier alpha value is -4.35. The van der Waals surface area contributed by atoms with Crippen molar-refractivity contribution in [2.45, 2.75) is 121 Å². The highest BCUT2D eigenvalue weighted by molar-refractivity contribution is 5.96. The Balaban J connectivity index is 2.48. The van der Waals surface area contributed by atoms with Crippen LogP contribution in [0.15, 0.2) is 36.4 Å². The van der Waals surface area contributed by atoms with E-state index < -0.39 is 89.7 Å². The number of hydrogen-bond donors (Lipinski definition) is 8. The van der Waals surface area contributed by atoms with Gasteiger partial charge in [0.2, 0.25) is 23.6 Å². The van der Waals surface area contributed by atoms with Gasteiger partial charge >= 0.3 is 12.1 Å². The number of amides is 4. The first-order chi connectivity index (χ1) is 25.5. The molecule has 0 aliphatic carbocycles. The molecule has 0 aromatic heterocycles. The van der Waals surface area contributed by atoms with Crippen molar-refractivity contribution in [3.63, 3.8) is 0 Å². The van der Waals surface area contributed by atoms with Gasteiger partial charge in [0.15, 0.2) is 5.78 Å². The van der Waals surface area contributed by atoms with Gasteiger partial charge in [0, 0.05) is 6.42 Å². The van der Waals surface area contributed by atoms with Crippen molar-refractivity contribution in [3.05, 3.63) is 47.5 Å². The summed E-state index contributed by atoms with van der Waals surface area (Å²) < 4.78 is 39.7. The minimum absolute atomic E-state index is 0.0223. The van der Waals surface area contributed by atoms with Crippen LogP contribution >= 0.6 is 0 Å². The summed E-state index contributed by atoms with van der Waals surface area (Å²) in [4.78, 5) is 79.8. The number of alkyl halides is 3. The third kappa shape index (κ3) is 15.9. The number of aliphatic carboxylic acids is 1. The number of Topliss-reactive ketones (excluding diaryl/α,β-unsaturated/α-hetero) is 1. The average molecular weight is 768 g/mol. The summed E-state index contributed by atoms with van der Waals surface area (Å²) >= 11 is 0. The van der Waals surface area contributed by atoms with E-state index in [0.29, 0.717) is 38.8 Å². The number of hydrogen-bond acceptors (Lipinski definition) is 9. The molecule has 1 aliphatic rings. The lowest BCUT2D eigenvalue weighted by Crippen LogP contribution is -2.58. The van der Waals surface area contributed by atoms with Gasteiger partial charge in [-0.25, -0.2) is 0 Å². The molecule has 1 aliphatic heterocycles. The minimum atomic E-state index is -4.61. The Bertz CT molecular complexity index is 1440. The van der Waals surface area contributed by atoms with Crippen molar-refractivity contribution in [1.82, 2.24) is 21.3 Å². The monoisotopic (exact) mass is 767 g/mol. The molecule has 0 saturated heterocycles. The van der Waals surface area contributed by atoms with E-state index in [1.165, 1.54) is 18.2 Å². The highest BCUT2D eigenvalue weighted by Gasteiger charge is 2.34. The van der Waals surface area contributed by atoms with Crippen LogP contribution < -0.4 is 38.5 Å². The Kier molecular flexibility index (Phi) is 19.3. The Morgan fingerprint density at radius 2 is 1.39 bits per heavy atom. The fourth-order valence-electron chi connectivity index (χ4n) is 5.97. The first kappa shape index (κ1) is 45.8. The number of unbranched alkanes of at least 4 members (excludes halogenated alkanes) is 2. The lowest BCUT2D eigenvalue weighted by Gasteiger charge is -2.27. The summed E-state index contributed by atoms with van der Waals surface area (Å²) in [5, 5.41) is 20.4. The number of rotatable bonds is 18. The van der Waals surface area contributed by atoms with Crippen molar-refractivity contribution >= 4 is 35.4 Å². The molecule has 14 nitrogen and oxygen atoms in total. The normalized spacial score (nSPS) is 21.3. The maximum absolute atomic E-state index is 13.9. The van der Waals surface area contributed by atoms with Gasteiger partial charge < -0.3 is 43.6 Å². The fourth-order valence-corrected chi connectivity index (χ4v) is 5.97. The molecule has 1 aromatic carbocycles. The molecule has 302 valence electrons. The van der Waals surface area contributed by atoms with Crippen molar-refractivity contribution in [3.8, 4) is 0 Å². The third-order valence-electron chi connectivity index (χ3n) is 9.04. The van der Waals surface area contributed by atoms with Crippen molar-refractivity contribution in [2.24, 2.45) is 29.0 Å². The van der Waals surface area contributed by atoms with Crippen molar-refractivity contribution in [2.75, 3.05) is 13.1 Å². The lowest BCUT2D eigenvalue weighted by molar-refractivity contribution is -0.144. The quantitative estimate of drug-likeness (QED) is 0.0795. The molecule has 6 atom stereocenters. The number of carboxylic acid groups (broad SMARTS) is 1. The minimum Gasteiger partial charge on any atom is -0.481 e. The number of ketones is 1. The van der Waals surface area contributed by atoms with Crippen molar-refractivity contribution < 1.29 is 47.0 Å². The molecule has 1 heterocycles. The third-order valence-corrected chi connectivity index (χ3v) is 9.04. The van der Waals surface area contributed by atoms with Gasteiger partial charge in [-0.3, -0.25) is 28.8 Å². The molecule has 0 unspecified atom stereocenters. The number of carbonyl (C=O) groups is 6. The van der Waals surface area contributed by atoms with E-state index in [9.17, 15) is 47.0 Å². The van der Waals surface area contributed by atoms with Crippen molar-refractivity contribution in [1.29, 1.82) is 0 Å². The van der Waals surface area contributed by atoms with Crippen LogP contribution in [0.2, 0.25) is 0 Å². The number of nitrogens with one attached hydrogen (secondary N) is 4. The Morgan fingerprint density at radius 1 is 0.852 bits per heavy atom. The van der Waals surface area contributed by atoms with Gasteiger partial charge in [-0.1, -0.05) is 38.1 Å². The maximum atomic E-state index is 13.9. The van der Waals surface area contributed by atoms with Crippen LogP contribution in [0.1, 0.15) is 89.2 Å². The van der Waals surface area contributed by atoms with Gasteiger partial charge in [0.1, 0.15) is 18.1 Å². The number of carboxylic acids is 1. The van der Waals surface area contributed by atoms with Crippen LogP contribution in [0.5, 0.6) is 0 Å². The molecule has 4 amide bonds. The predicted octanol–water partition coefficient (Wildman–Crippen LogP) is 1.83. The Labute approximate surface area is 314 Å². The second kappa shape index (κ2) is 22.8. The molecule has 1 aromatic rings. The summed E-state index contributed by atoms with van der Waals surface area (Å²) in [5.74, 6) is -5.82. The maximum Gasteiger partial charge on any atom is 0.416 e. The summed E-state index contributed by atoms with van der Waals surface area (Å²) in [6.07, 6.45) is 0.218. The smallest absolute Gasteiger partial charge is 0.416 e. The van der Waals surface area contributed by atoms with Gasteiger partial charge in [0.25, 0.3) is 0 Å². The zero-order valence-electron chi connectivity index (χ0n) is 31.0. The largest absolute Gasteiger partial charge is 0.481 e. The van der Waals surface area contributed by atoms with Gasteiger partial charge in [-0.2, -0.15) is 13.2 Å². The van der Waals surface area contributed by atoms with E-state index in [-0.39, 0.29) is 50.0 Å². The van der Waals surface area contributed by atoms with Crippen LogP contribution in [-0.2, 0) is 41.4 Å². The van der Waals surface area contributed by atoms with Crippen LogP contribution in [-0.4, -0.2) is 83.8 Å². The summed E-state index contributed by atoms with van der Waals surface area (Å²) in [6.45, 7) is 4.27. The molecule has 0 radical (unpaired) electrons. The molecule has 0 bridgehead atoms. The fraction of sp³-hybridized carbons (Fsp3) is 0.622. The van der Waals surface area contributed by atoms with E-state index in [1.54, 1.807) is 19.9 Å². The van der Waals surface area contributed by atoms with Gasteiger partial charge in [-0.15, -0.1) is 0 Å². The van der Waals surface area contributed by atoms with Crippen LogP contribution in [0.4, 0.5) is 13.2 Å². The summed E-state index contributed by atoms with van der Waals surface area (Å²) in [6, 6.07) is -1.90. The molecular formula is C37H56F3N7O7. The molecule has 2 rings (SSSR count). The number of halogens is 3. The molecule has 11 N–H and O–H groups in total. The highest BCUT2D eigenvalue weighted by Crippen LogP contribution is 2.29. The zero-order valence-corrected chi connectivity index (χ0v) is 31.0. The topological polar surface area (TPSA) is 249 Å². The molecule has 17 heteroatoms. The molecule has 54 heavy (non-hydrogen) atoms. The first-order valence-corrected chi connectivity index (χ1v) is 18.4. The predicted molar refractivity (Wildman–Crippen MR) is 195 cm³/mol. The molecule has 0 spiro atoms. The van der Waals surface area contributed by atoms with E-state index >= 15 is 0 Å². The number of benzene rings is 1. The lowest BCUT2D eigenvalue weighted by atomic mass is 9.89. The first-order valence-electron chi connectivity index (χ1n) is 18.4. The van der Waals surface area contributed by atoms with Crippen LogP contribution in [0.3, 0.4) is 0 Å². The molecular weight excluding hydrogens is 711 g/mol. The molecule has 0 fully saturated rings. The van der Waals surface area contributed by atoms with Gasteiger partial charge in [0.05, 0.1) is 23.6 Å². The second-order valence-electron chi connectivity index (χ2n) is 14.1.